The maximum absolute atomic E-state index is 13.2. The van der Waals surface area contributed by atoms with Crippen molar-refractivity contribution in [1.82, 2.24) is 0 Å². The SMILES string of the molecule is CN(c1cccc(NC(=O)C(=Cc2ccccc2Cl)c2ccccc2)c1)S(C)(=O)=O. The molecule has 1 amide bonds. The summed E-state index contributed by atoms with van der Waals surface area (Å²) >= 11 is 6.28. The summed E-state index contributed by atoms with van der Waals surface area (Å²) in [5, 5.41) is 3.39. The number of halogens is 1. The van der Waals surface area contributed by atoms with Crippen LogP contribution in [0.4, 0.5) is 11.4 Å². The van der Waals surface area contributed by atoms with Crippen LogP contribution in [0.25, 0.3) is 11.6 Å². The van der Waals surface area contributed by atoms with Gasteiger partial charge in [-0.15, -0.1) is 0 Å². The summed E-state index contributed by atoms with van der Waals surface area (Å²) in [5.41, 5.74) is 2.82. The van der Waals surface area contributed by atoms with Crippen LogP contribution in [-0.4, -0.2) is 27.6 Å². The maximum atomic E-state index is 13.2. The predicted octanol–water partition coefficient (Wildman–Crippen LogP) is 4.92. The number of sulfonamides is 1. The highest BCUT2D eigenvalue weighted by Crippen LogP contribution is 2.26. The van der Waals surface area contributed by atoms with Gasteiger partial charge in [-0.05, 0) is 41.5 Å². The zero-order chi connectivity index (χ0) is 21.7. The Hall–Kier alpha value is -3.09. The summed E-state index contributed by atoms with van der Waals surface area (Å²) in [7, 11) is -1.95. The second kappa shape index (κ2) is 9.15. The van der Waals surface area contributed by atoms with Crippen molar-refractivity contribution in [3.05, 3.63) is 95.0 Å². The smallest absolute Gasteiger partial charge is 0.256 e. The number of anilines is 2. The zero-order valence-corrected chi connectivity index (χ0v) is 18.1. The summed E-state index contributed by atoms with van der Waals surface area (Å²) < 4.78 is 24.8. The molecule has 0 radical (unpaired) electrons. The van der Waals surface area contributed by atoms with E-state index in [1.54, 1.807) is 36.4 Å². The average molecular weight is 441 g/mol. The molecule has 0 bridgehead atoms. The Labute approximate surface area is 181 Å². The van der Waals surface area contributed by atoms with Crippen LogP contribution in [0.1, 0.15) is 11.1 Å². The summed E-state index contributed by atoms with van der Waals surface area (Å²) in [6.45, 7) is 0. The Balaban J connectivity index is 1.96. The van der Waals surface area contributed by atoms with E-state index in [-0.39, 0.29) is 5.91 Å². The second-order valence-corrected chi connectivity index (χ2v) is 9.10. The van der Waals surface area contributed by atoms with Crippen molar-refractivity contribution >= 4 is 50.6 Å². The van der Waals surface area contributed by atoms with Crippen molar-refractivity contribution in [3.8, 4) is 0 Å². The second-order valence-electron chi connectivity index (χ2n) is 6.68. The van der Waals surface area contributed by atoms with E-state index in [1.165, 1.54) is 7.05 Å². The Morgan fingerprint density at radius 3 is 2.30 bits per heavy atom. The standard InChI is InChI=1S/C23H21ClN2O3S/c1-26(30(2,28)29)20-13-8-12-19(16-20)25-23(27)21(17-9-4-3-5-10-17)15-18-11-6-7-14-22(18)24/h3-16H,1-2H3,(H,25,27). The third kappa shape index (κ3) is 5.28. The molecule has 3 rings (SSSR count). The van der Waals surface area contributed by atoms with Crippen LogP contribution in [0.3, 0.4) is 0 Å². The zero-order valence-electron chi connectivity index (χ0n) is 16.5. The van der Waals surface area contributed by atoms with Crippen molar-refractivity contribution in [2.45, 2.75) is 0 Å². The molecule has 5 nitrogen and oxygen atoms in total. The molecule has 0 spiro atoms. The van der Waals surface area contributed by atoms with Gasteiger partial charge in [0.05, 0.1) is 11.9 Å². The Morgan fingerprint density at radius 2 is 1.63 bits per heavy atom. The lowest BCUT2D eigenvalue weighted by atomic mass is 10.0. The number of amides is 1. The monoisotopic (exact) mass is 440 g/mol. The van der Waals surface area contributed by atoms with E-state index in [1.807, 2.05) is 48.5 Å². The van der Waals surface area contributed by atoms with Crippen LogP contribution in [0.5, 0.6) is 0 Å². The van der Waals surface area contributed by atoms with Gasteiger partial charge < -0.3 is 5.32 Å². The van der Waals surface area contributed by atoms with E-state index in [4.69, 9.17) is 11.6 Å². The highest BCUT2D eigenvalue weighted by Gasteiger charge is 2.16. The van der Waals surface area contributed by atoms with Crippen molar-refractivity contribution in [3.63, 3.8) is 0 Å². The molecule has 0 unspecified atom stereocenters. The molecule has 30 heavy (non-hydrogen) atoms. The first-order valence-corrected chi connectivity index (χ1v) is 11.4. The van der Waals surface area contributed by atoms with Gasteiger partial charge in [-0.1, -0.05) is 66.2 Å². The number of carbonyl (C=O) groups excluding carboxylic acids is 1. The molecule has 0 aromatic heterocycles. The Morgan fingerprint density at radius 1 is 0.967 bits per heavy atom. The summed E-state index contributed by atoms with van der Waals surface area (Å²) in [6.07, 6.45) is 2.86. The molecule has 3 aromatic rings. The van der Waals surface area contributed by atoms with Crippen LogP contribution in [0, 0.1) is 0 Å². The van der Waals surface area contributed by atoms with Gasteiger partial charge in [0.1, 0.15) is 0 Å². The summed E-state index contributed by atoms with van der Waals surface area (Å²) in [6, 6.07) is 23.2. The fourth-order valence-corrected chi connectivity index (χ4v) is 3.50. The lowest BCUT2D eigenvalue weighted by Gasteiger charge is -2.18. The van der Waals surface area contributed by atoms with Crippen LogP contribution < -0.4 is 9.62 Å². The lowest BCUT2D eigenvalue weighted by Crippen LogP contribution is -2.25. The number of benzene rings is 3. The molecular formula is C23H21ClN2O3S. The van der Waals surface area contributed by atoms with Gasteiger partial charge in [0.2, 0.25) is 10.0 Å². The number of hydrogen-bond donors (Lipinski definition) is 1. The normalized spacial score (nSPS) is 11.8. The van der Waals surface area contributed by atoms with Gasteiger partial charge in [-0.25, -0.2) is 8.42 Å². The maximum Gasteiger partial charge on any atom is 0.256 e. The number of rotatable bonds is 6. The van der Waals surface area contributed by atoms with Gasteiger partial charge in [0.25, 0.3) is 5.91 Å². The largest absolute Gasteiger partial charge is 0.322 e. The fraction of sp³-hybridized carbons (Fsp3) is 0.0870. The third-order valence-corrected chi connectivity index (χ3v) is 6.05. The first-order chi connectivity index (χ1) is 14.3. The van der Waals surface area contributed by atoms with E-state index in [9.17, 15) is 13.2 Å². The molecule has 1 N–H and O–H groups in total. The summed E-state index contributed by atoms with van der Waals surface area (Å²) in [5.74, 6) is -0.333. The van der Waals surface area contributed by atoms with Crippen molar-refractivity contribution in [2.75, 3.05) is 22.9 Å². The topological polar surface area (TPSA) is 66.5 Å². The summed E-state index contributed by atoms with van der Waals surface area (Å²) in [4.78, 5) is 13.2. The Kier molecular flexibility index (Phi) is 6.59. The number of hydrogen-bond acceptors (Lipinski definition) is 3. The van der Waals surface area contributed by atoms with E-state index < -0.39 is 10.0 Å². The third-order valence-electron chi connectivity index (χ3n) is 4.50. The highest BCUT2D eigenvalue weighted by molar-refractivity contribution is 7.92. The quantitative estimate of drug-likeness (QED) is 0.437. The van der Waals surface area contributed by atoms with E-state index in [2.05, 4.69) is 5.32 Å². The molecule has 3 aromatic carbocycles. The highest BCUT2D eigenvalue weighted by atomic mass is 35.5. The molecule has 0 saturated carbocycles. The minimum Gasteiger partial charge on any atom is -0.322 e. The first-order valence-electron chi connectivity index (χ1n) is 9.12. The van der Waals surface area contributed by atoms with Crippen molar-refractivity contribution < 1.29 is 13.2 Å². The molecule has 154 valence electrons. The van der Waals surface area contributed by atoms with Crippen molar-refractivity contribution in [2.24, 2.45) is 0 Å². The van der Waals surface area contributed by atoms with E-state index in [0.717, 1.165) is 21.7 Å². The van der Waals surface area contributed by atoms with Gasteiger partial charge in [-0.2, -0.15) is 0 Å². The minimum atomic E-state index is -3.41. The van der Waals surface area contributed by atoms with Crippen LogP contribution in [-0.2, 0) is 14.8 Å². The fourth-order valence-electron chi connectivity index (χ4n) is 2.81. The molecule has 0 aliphatic carbocycles. The molecule has 0 atom stereocenters. The van der Waals surface area contributed by atoms with Gasteiger partial charge in [-0.3, -0.25) is 9.10 Å². The first kappa shape index (κ1) is 21.6. The molecule has 0 heterocycles. The van der Waals surface area contributed by atoms with E-state index in [0.29, 0.717) is 22.0 Å². The molecule has 0 saturated heterocycles. The van der Waals surface area contributed by atoms with E-state index >= 15 is 0 Å². The Bertz CT molecular complexity index is 1190. The number of nitrogens with one attached hydrogen (secondary N) is 1. The molecule has 0 fully saturated rings. The minimum absolute atomic E-state index is 0.333. The molecular weight excluding hydrogens is 420 g/mol. The van der Waals surface area contributed by atoms with Crippen LogP contribution >= 0.6 is 11.6 Å². The van der Waals surface area contributed by atoms with Crippen LogP contribution in [0.2, 0.25) is 5.02 Å². The molecule has 7 heteroatoms. The average Bonchev–Trinajstić information content (AvgIpc) is 2.72. The van der Waals surface area contributed by atoms with Crippen LogP contribution in [0.15, 0.2) is 78.9 Å². The molecule has 0 aliphatic rings. The number of carbonyl (C=O) groups is 1. The van der Waals surface area contributed by atoms with Gasteiger partial charge in [0.15, 0.2) is 0 Å². The van der Waals surface area contributed by atoms with Gasteiger partial charge >= 0.3 is 0 Å². The van der Waals surface area contributed by atoms with Gasteiger partial charge in [0, 0.05) is 23.3 Å². The number of nitrogens with zero attached hydrogens (tertiary/aromatic N) is 1. The lowest BCUT2D eigenvalue weighted by molar-refractivity contribution is -0.111. The van der Waals surface area contributed by atoms with Crippen molar-refractivity contribution in [1.29, 1.82) is 0 Å². The molecule has 0 aliphatic heterocycles. The predicted molar refractivity (Wildman–Crippen MR) is 124 cm³/mol.